The number of thioether (sulfide) groups is 3. The van der Waals surface area contributed by atoms with Crippen LogP contribution in [0.1, 0.15) is 27.9 Å². The summed E-state index contributed by atoms with van der Waals surface area (Å²) < 4.78 is 0.705. The first kappa shape index (κ1) is 14.5. The first-order valence-electron chi connectivity index (χ1n) is 5.80. The monoisotopic (exact) mass is 322 g/mol. The molecule has 1 aromatic rings. The van der Waals surface area contributed by atoms with Crippen LogP contribution in [0.2, 0.25) is 0 Å². The number of rotatable bonds is 6. The molecule has 0 nitrogen and oxygen atoms in total. The number of hydrogen-bond donors (Lipinski definition) is 1. The van der Waals surface area contributed by atoms with E-state index in [2.05, 4.69) is 54.5 Å². The van der Waals surface area contributed by atoms with Crippen molar-refractivity contribution < 1.29 is 0 Å². The smallest absolute Gasteiger partial charge is 0.0846 e. The summed E-state index contributed by atoms with van der Waals surface area (Å²) in [7, 11) is 0. The average Bonchev–Trinajstić information content (AvgIpc) is 2.93. The Bertz CT molecular complexity index is 335. The summed E-state index contributed by atoms with van der Waals surface area (Å²) in [5.74, 6) is 2.60. The number of hydrogen-bond acceptors (Lipinski definition) is 5. The first-order chi connectivity index (χ1) is 8.29. The molecule has 1 fully saturated rings. The summed E-state index contributed by atoms with van der Waals surface area (Å²) in [5.41, 5.74) is 1.42. The standard InChI is InChI=1S/C12H18S5/c1-9-5-11(15-6-9)12-16-7-10(17-12)3-2-4-14-8-13/h5-6,10,12-13H,2-4,7-8H2,1H3. The van der Waals surface area contributed by atoms with E-state index < -0.39 is 0 Å². The molecule has 0 N–H and O–H groups in total. The fourth-order valence-corrected chi connectivity index (χ4v) is 7.36. The lowest BCUT2D eigenvalue weighted by molar-refractivity contribution is 0.806. The van der Waals surface area contributed by atoms with Gasteiger partial charge in [0.05, 0.1) is 4.58 Å². The fourth-order valence-electron chi connectivity index (χ4n) is 1.80. The highest BCUT2D eigenvalue weighted by Gasteiger charge is 2.27. The minimum Gasteiger partial charge on any atom is -0.168 e. The third kappa shape index (κ3) is 4.60. The molecule has 96 valence electrons. The molecule has 0 aliphatic carbocycles. The number of aryl methyl sites for hydroxylation is 1. The van der Waals surface area contributed by atoms with E-state index in [0.717, 1.165) is 10.3 Å². The quantitative estimate of drug-likeness (QED) is 0.429. The molecule has 0 amide bonds. The molecule has 2 unspecified atom stereocenters. The van der Waals surface area contributed by atoms with Crippen LogP contribution < -0.4 is 0 Å². The number of thiol groups is 1. The van der Waals surface area contributed by atoms with E-state index in [1.54, 1.807) is 4.88 Å². The Morgan fingerprint density at radius 1 is 1.53 bits per heavy atom. The molecule has 1 aliphatic heterocycles. The molecule has 0 spiro atoms. The van der Waals surface area contributed by atoms with Crippen LogP contribution in [-0.2, 0) is 0 Å². The van der Waals surface area contributed by atoms with E-state index in [1.165, 1.54) is 29.9 Å². The topological polar surface area (TPSA) is 0 Å². The normalized spacial score (nSPS) is 24.4. The van der Waals surface area contributed by atoms with Crippen LogP contribution in [0.25, 0.3) is 0 Å². The summed E-state index contributed by atoms with van der Waals surface area (Å²) >= 11 is 12.4. The van der Waals surface area contributed by atoms with Crippen molar-refractivity contribution in [3.63, 3.8) is 0 Å². The third-order valence-electron chi connectivity index (χ3n) is 2.64. The van der Waals surface area contributed by atoms with Crippen molar-refractivity contribution in [2.45, 2.75) is 29.6 Å². The largest absolute Gasteiger partial charge is 0.168 e. The maximum Gasteiger partial charge on any atom is 0.0846 e. The van der Waals surface area contributed by atoms with Gasteiger partial charge in [0.2, 0.25) is 0 Å². The van der Waals surface area contributed by atoms with Crippen LogP contribution in [0.4, 0.5) is 0 Å². The molecule has 0 bridgehead atoms. The van der Waals surface area contributed by atoms with Crippen LogP contribution in [0, 0.1) is 6.92 Å². The Morgan fingerprint density at radius 2 is 2.41 bits per heavy atom. The Kier molecular flexibility index (Phi) is 6.51. The van der Waals surface area contributed by atoms with E-state index in [1.807, 2.05) is 23.1 Å². The van der Waals surface area contributed by atoms with Gasteiger partial charge in [-0.25, -0.2) is 0 Å². The minimum absolute atomic E-state index is 0.705. The second-order valence-electron chi connectivity index (χ2n) is 4.13. The Hall–Kier alpha value is 1.10. The molecule has 0 saturated carbocycles. The van der Waals surface area contributed by atoms with Gasteiger partial charge in [-0.15, -0.1) is 34.9 Å². The predicted octanol–water partition coefficient (Wildman–Crippen LogP) is 5.30. The van der Waals surface area contributed by atoms with Gasteiger partial charge < -0.3 is 0 Å². The summed E-state index contributed by atoms with van der Waals surface area (Å²) in [4.78, 5) is 1.56. The minimum atomic E-state index is 0.705. The molecule has 0 radical (unpaired) electrons. The van der Waals surface area contributed by atoms with Crippen molar-refractivity contribution in [2.24, 2.45) is 0 Å². The van der Waals surface area contributed by atoms with E-state index in [9.17, 15) is 0 Å². The maximum absolute atomic E-state index is 4.22. The summed E-state index contributed by atoms with van der Waals surface area (Å²) in [6.45, 7) is 2.19. The highest BCUT2D eigenvalue weighted by atomic mass is 32.2. The van der Waals surface area contributed by atoms with Crippen molar-refractivity contribution in [3.05, 3.63) is 21.9 Å². The molecular weight excluding hydrogens is 304 g/mol. The van der Waals surface area contributed by atoms with Crippen molar-refractivity contribution in [1.82, 2.24) is 0 Å². The van der Waals surface area contributed by atoms with E-state index in [0.29, 0.717) is 4.58 Å². The Morgan fingerprint density at radius 3 is 3.12 bits per heavy atom. The van der Waals surface area contributed by atoms with Gasteiger partial charge in [-0.2, -0.15) is 24.4 Å². The summed E-state index contributed by atoms with van der Waals surface area (Å²) in [6.07, 6.45) is 2.72. The van der Waals surface area contributed by atoms with Gasteiger partial charge >= 0.3 is 0 Å². The zero-order valence-electron chi connectivity index (χ0n) is 9.93. The third-order valence-corrected chi connectivity index (χ3v) is 8.75. The molecule has 5 heteroatoms. The molecule has 2 rings (SSSR count). The molecule has 1 aromatic heterocycles. The van der Waals surface area contributed by atoms with Gasteiger partial charge in [0, 0.05) is 21.0 Å². The van der Waals surface area contributed by atoms with Crippen LogP contribution in [0.15, 0.2) is 11.4 Å². The summed E-state index contributed by atoms with van der Waals surface area (Å²) in [5, 5.41) is 4.10. The lowest BCUT2D eigenvalue weighted by atomic mass is 10.3. The second kappa shape index (κ2) is 7.63. The Balaban J connectivity index is 1.72. The predicted molar refractivity (Wildman–Crippen MR) is 91.2 cm³/mol. The summed E-state index contributed by atoms with van der Waals surface area (Å²) in [6, 6.07) is 2.36. The van der Waals surface area contributed by atoms with Crippen LogP contribution in [0.3, 0.4) is 0 Å². The van der Waals surface area contributed by atoms with Gasteiger partial charge in [-0.3, -0.25) is 0 Å². The van der Waals surface area contributed by atoms with Crippen molar-refractivity contribution in [3.8, 4) is 0 Å². The van der Waals surface area contributed by atoms with Gasteiger partial charge in [0.15, 0.2) is 0 Å². The van der Waals surface area contributed by atoms with E-state index >= 15 is 0 Å². The average molecular weight is 323 g/mol. The second-order valence-corrected chi connectivity index (χ2v) is 9.77. The van der Waals surface area contributed by atoms with Gasteiger partial charge in [0.1, 0.15) is 0 Å². The fraction of sp³-hybridized carbons (Fsp3) is 0.667. The SMILES string of the molecule is Cc1csc(C2SCC(CCCSCS)S2)c1. The lowest BCUT2D eigenvalue weighted by Gasteiger charge is -2.08. The van der Waals surface area contributed by atoms with Gasteiger partial charge in [-0.1, -0.05) is 0 Å². The van der Waals surface area contributed by atoms with Crippen molar-refractivity contribution in [1.29, 1.82) is 0 Å². The van der Waals surface area contributed by atoms with Crippen LogP contribution >= 0.6 is 59.3 Å². The number of thiophene rings is 1. The molecule has 1 aliphatic rings. The van der Waals surface area contributed by atoms with Crippen molar-refractivity contribution in [2.75, 3.05) is 16.6 Å². The molecule has 1 saturated heterocycles. The van der Waals surface area contributed by atoms with Crippen LogP contribution in [0.5, 0.6) is 0 Å². The molecule has 2 heterocycles. The highest BCUT2D eigenvalue weighted by Crippen LogP contribution is 2.51. The van der Waals surface area contributed by atoms with Gasteiger partial charge in [-0.05, 0) is 42.5 Å². The zero-order valence-corrected chi connectivity index (χ0v) is 14.1. The maximum atomic E-state index is 4.22. The highest BCUT2D eigenvalue weighted by molar-refractivity contribution is 8.20. The molecule has 0 aromatic carbocycles. The molecular formula is C12H18S5. The zero-order chi connectivity index (χ0) is 12.1. The van der Waals surface area contributed by atoms with E-state index in [-0.39, 0.29) is 0 Å². The molecule has 2 atom stereocenters. The van der Waals surface area contributed by atoms with Gasteiger partial charge in [0.25, 0.3) is 0 Å². The Labute approximate surface area is 127 Å². The van der Waals surface area contributed by atoms with Crippen molar-refractivity contribution >= 4 is 59.3 Å². The first-order valence-corrected chi connectivity index (χ1v) is 10.5. The lowest BCUT2D eigenvalue weighted by Crippen LogP contribution is -2.01. The molecule has 17 heavy (non-hydrogen) atoms. The van der Waals surface area contributed by atoms with Crippen LogP contribution in [-0.4, -0.2) is 21.8 Å². The van der Waals surface area contributed by atoms with E-state index in [4.69, 9.17) is 0 Å².